The van der Waals surface area contributed by atoms with Crippen LogP contribution in [0.2, 0.25) is 0 Å². The summed E-state index contributed by atoms with van der Waals surface area (Å²) in [7, 11) is -3.29. The summed E-state index contributed by atoms with van der Waals surface area (Å²) in [4.78, 5) is 8.28. The summed E-state index contributed by atoms with van der Waals surface area (Å²) < 4.78 is 25.2. The van der Waals surface area contributed by atoms with Crippen molar-refractivity contribution < 1.29 is 8.42 Å². The van der Waals surface area contributed by atoms with E-state index in [2.05, 4.69) is 15.3 Å². The minimum Gasteiger partial charge on any atom is -0.365 e. The maximum Gasteiger partial charge on any atom is 0.179 e. The molecule has 7 heteroatoms. The van der Waals surface area contributed by atoms with Crippen LogP contribution >= 0.6 is 0 Å². The van der Waals surface area contributed by atoms with Crippen LogP contribution in [-0.4, -0.2) is 35.3 Å². The van der Waals surface area contributed by atoms with Crippen molar-refractivity contribution in [3.8, 4) is 0 Å². The van der Waals surface area contributed by atoms with Crippen LogP contribution in [0.5, 0.6) is 0 Å². The zero-order valence-electron chi connectivity index (χ0n) is 10.8. The van der Waals surface area contributed by atoms with Gasteiger partial charge in [0.1, 0.15) is 10.7 Å². The highest BCUT2D eigenvalue weighted by atomic mass is 32.2. The van der Waals surface area contributed by atoms with Crippen LogP contribution in [-0.2, 0) is 16.4 Å². The van der Waals surface area contributed by atoms with Crippen molar-refractivity contribution in [3.05, 3.63) is 37.1 Å². The van der Waals surface area contributed by atoms with Gasteiger partial charge in [-0.15, -0.1) is 0 Å². The molecule has 2 aromatic rings. The first-order valence-corrected chi connectivity index (χ1v) is 7.73. The maximum absolute atomic E-state index is 11.7. The number of rotatable bonds is 5. The second kappa shape index (κ2) is 5.40. The first-order chi connectivity index (χ1) is 8.97. The normalized spacial score (nSPS) is 13.2. The molecule has 0 amide bonds. The third-order valence-corrected chi connectivity index (χ3v) is 3.73. The van der Waals surface area contributed by atoms with Gasteiger partial charge in [0, 0.05) is 37.4 Å². The van der Waals surface area contributed by atoms with Crippen LogP contribution in [0.3, 0.4) is 0 Å². The maximum atomic E-state index is 11.7. The van der Waals surface area contributed by atoms with Gasteiger partial charge in [0.05, 0.1) is 6.33 Å². The molecule has 0 aliphatic heterocycles. The summed E-state index contributed by atoms with van der Waals surface area (Å²) in [6.07, 6.45) is 8.02. The van der Waals surface area contributed by atoms with Crippen molar-refractivity contribution in [2.75, 3.05) is 11.6 Å². The van der Waals surface area contributed by atoms with Gasteiger partial charge in [-0.3, -0.25) is 0 Å². The Morgan fingerprint density at radius 2 is 2.21 bits per heavy atom. The molecule has 0 bridgehead atoms. The average molecular weight is 280 g/mol. The van der Waals surface area contributed by atoms with Crippen LogP contribution in [0.1, 0.15) is 6.92 Å². The van der Waals surface area contributed by atoms with Crippen molar-refractivity contribution in [2.24, 2.45) is 0 Å². The second-order valence-electron chi connectivity index (χ2n) is 4.43. The number of nitrogens with zero attached hydrogens (tertiary/aromatic N) is 3. The zero-order valence-corrected chi connectivity index (χ0v) is 11.6. The Labute approximate surface area is 112 Å². The largest absolute Gasteiger partial charge is 0.365 e. The molecule has 0 aliphatic carbocycles. The number of hydrogen-bond donors (Lipinski definition) is 1. The minimum atomic E-state index is -3.29. The average Bonchev–Trinajstić information content (AvgIpc) is 2.81. The fourth-order valence-electron chi connectivity index (χ4n) is 1.79. The number of pyridine rings is 1. The first-order valence-electron chi connectivity index (χ1n) is 5.84. The minimum absolute atomic E-state index is 0.0320. The van der Waals surface area contributed by atoms with Gasteiger partial charge in [-0.05, 0) is 19.1 Å². The van der Waals surface area contributed by atoms with Gasteiger partial charge in [-0.25, -0.2) is 18.4 Å². The molecule has 0 spiro atoms. The van der Waals surface area contributed by atoms with Crippen molar-refractivity contribution in [1.29, 1.82) is 0 Å². The van der Waals surface area contributed by atoms with Crippen LogP contribution in [0.4, 0.5) is 5.82 Å². The van der Waals surface area contributed by atoms with E-state index in [1.807, 2.05) is 17.7 Å². The molecular formula is C12H16N4O2S. The molecule has 1 unspecified atom stereocenters. The van der Waals surface area contributed by atoms with Crippen molar-refractivity contribution in [3.63, 3.8) is 0 Å². The van der Waals surface area contributed by atoms with Crippen molar-refractivity contribution in [2.45, 2.75) is 24.4 Å². The Balaban J connectivity index is 2.15. The quantitative estimate of drug-likeness (QED) is 0.890. The lowest BCUT2D eigenvalue weighted by Gasteiger charge is -2.16. The molecule has 102 valence electrons. The van der Waals surface area contributed by atoms with E-state index >= 15 is 0 Å². The molecule has 6 nitrogen and oxygen atoms in total. The van der Waals surface area contributed by atoms with Crippen LogP contribution in [0.25, 0.3) is 0 Å². The lowest BCUT2D eigenvalue weighted by atomic mass is 10.3. The van der Waals surface area contributed by atoms with E-state index in [1.54, 1.807) is 30.9 Å². The third-order valence-electron chi connectivity index (χ3n) is 2.60. The number of aromatic nitrogens is 3. The Hall–Kier alpha value is -1.89. The van der Waals surface area contributed by atoms with Gasteiger partial charge in [-0.2, -0.15) is 0 Å². The molecule has 0 aliphatic rings. The lowest BCUT2D eigenvalue weighted by molar-refractivity contribution is 0.599. The topological polar surface area (TPSA) is 76.9 Å². The van der Waals surface area contributed by atoms with E-state index < -0.39 is 9.84 Å². The molecule has 0 aromatic carbocycles. The molecule has 0 fully saturated rings. The van der Waals surface area contributed by atoms with Crippen molar-refractivity contribution in [1.82, 2.24) is 14.5 Å². The monoisotopic (exact) mass is 280 g/mol. The van der Waals surface area contributed by atoms with E-state index in [0.717, 1.165) is 0 Å². The van der Waals surface area contributed by atoms with E-state index in [0.29, 0.717) is 12.4 Å². The summed E-state index contributed by atoms with van der Waals surface area (Å²) in [5, 5.41) is 3.12. The smallest absolute Gasteiger partial charge is 0.179 e. The van der Waals surface area contributed by atoms with E-state index in [9.17, 15) is 8.42 Å². The number of sulfone groups is 1. The van der Waals surface area contributed by atoms with Gasteiger partial charge >= 0.3 is 0 Å². The van der Waals surface area contributed by atoms with E-state index in [1.165, 1.54) is 6.26 Å². The number of anilines is 1. The molecule has 1 atom stereocenters. The molecule has 2 aromatic heterocycles. The van der Waals surface area contributed by atoms with Gasteiger partial charge in [0.25, 0.3) is 0 Å². The predicted octanol–water partition coefficient (Wildman–Crippen LogP) is 1.18. The Kier molecular flexibility index (Phi) is 3.84. The van der Waals surface area contributed by atoms with Crippen LogP contribution in [0.15, 0.2) is 41.9 Å². The second-order valence-corrected chi connectivity index (χ2v) is 6.41. The highest BCUT2D eigenvalue weighted by Crippen LogP contribution is 2.18. The first kappa shape index (κ1) is 13.5. The molecule has 2 rings (SSSR count). The molecule has 2 heterocycles. The van der Waals surface area contributed by atoms with Gasteiger partial charge < -0.3 is 9.88 Å². The Morgan fingerprint density at radius 1 is 1.42 bits per heavy atom. The molecule has 0 saturated heterocycles. The molecule has 0 radical (unpaired) electrons. The lowest BCUT2D eigenvalue weighted by Crippen LogP contribution is -2.23. The summed E-state index contributed by atoms with van der Waals surface area (Å²) in [5.41, 5.74) is 0. The van der Waals surface area contributed by atoms with Crippen molar-refractivity contribution >= 4 is 15.7 Å². The van der Waals surface area contributed by atoms with Gasteiger partial charge in [0.2, 0.25) is 0 Å². The number of nitrogens with one attached hydrogen (secondary N) is 1. The zero-order chi connectivity index (χ0) is 13.9. The summed E-state index contributed by atoms with van der Waals surface area (Å²) >= 11 is 0. The third kappa shape index (κ3) is 3.54. The predicted molar refractivity (Wildman–Crippen MR) is 72.7 cm³/mol. The Bertz CT molecular complexity index is 638. The summed E-state index contributed by atoms with van der Waals surface area (Å²) in [5.74, 6) is 0.387. The molecular weight excluding hydrogens is 264 g/mol. The Morgan fingerprint density at radius 3 is 2.84 bits per heavy atom. The number of imidazole rings is 1. The highest BCUT2D eigenvalue weighted by molar-refractivity contribution is 7.90. The number of hydrogen-bond acceptors (Lipinski definition) is 5. The van der Waals surface area contributed by atoms with Gasteiger partial charge in [-0.1, -0.05) is 0 Å². The van der Waals surface area contributed by atoms with Crippen LogP contribution in [0, 0.1) is 0 Å². The summed E-state index contributed by atoms with van der Waals surface area (Å²) in [6, 6.07) is 3.20. The fourth-order valence-corrected chi connectivity index (χ4v) is 2.58. The standard InChI is InChI=1S/C12H16N4O2S/c1-10(8-16-7-6-13-9-16)15-12-11(19(2,17)18)4-3-5-14-12/h3-7,9-10H,8H2,1-2H3,(H,14,15). The highest BCUT2D eigenvalue weighted by Gasteiger charge is 2.15. The van der Waals surface area contributed by atoms with E-state index in [-0.39, 0.29) is 10.9 Å². The fraction of sp³-hybridized carbons (Fsp3) is 0.333. The SMILES string of the molecule is CC(Cn1ccnc1)Nc1ncccc1S(C)(=O)=O. The summed E-state index contributed by atoms with van der Waals surface area (Å²) in [6.45, 7) is 2.64. The molecule has 19 heavy (non-hydrogen) atoms. The molecule has 1 N–H and O–H groups in total. The van der Waals surface area contributed by atoms with Gasteiger partial charge in [0.15, 0.2) is 9.84 Å². The van der Waals surface area contributed by atoms with Crippen LogP contribution < -0.4 is 5.32 Å². The molecule has 0 saturated carbocycles. The van der Waals surface area contributed by atoms with E-state index in [4.69, 9.17) is 0 Å².